The van der Waals surface area contributed by atoms with Crippen LogP contribution in [-0.4, -0.2) is 27.0 Å². The number of aromatic nitrogens is 3. The third-order valence-electron chi connectivity index (χ3n) is 1.99. The van der Waals surface area contributed by atoms with Crippen molar-refractivity contribution >= 4 is 17.8 Å². The Labute approximate surface area is 74.0 Å². The average Bonchev–Trinajstić information content (AvgIpc) is 2.63. The zero-order valence-electron chi connectivity index (χ0n) is 7.02. The van der Waals surface area contributed by atoms with Crippen molar-refractivity contribution in [3.05, 3.63) is 6.33 Å². The van der Waals surface area contributed by atoms with Crippen molar-refractivity contribution in [1.29, 1.82) is 0 Å². The van der Waals surface area contributed by atoms with Gasteiger partial charge in [0.1, 0.15) is 6.33 Å². The Bertz CT molecular complexity index is 345. The van der Waals surface area contributed by atoms with E-state index < -0.39 is 0 Å². The summed E-state index contributed by atoms with van der Waals surface area (Å²) in [4.78, 5) is 26.4. The molecule has 68 valence electrons. The van der Waals surface area contributed by atoms with E-state index in [9.17, 15) is 9.59 Å². The fourth-order valence-corrected chi connectivity index (χ4v) is 1.31. The molecule has 1 atom stereocenters. The molecule has 2 rings (SSSR count). The lowest BCUT2D eigenvalue weighted by molar-refractivity contribution is -0.122. The molecule has 0 radical (unpaired) electrons. The van der Waals surface area contributed by atoms with Crippen LogP contribution < -0.4 is 4.90 Å². The second kappa shape index (κ2) is 2.65. The van der Waals surface area contributed by atoms with Crippen molar-refractivity contribution in [1.82, 2.24) is 15.2 Å². The summed E-state index contributed by atoms with van der Waals surface area (Å²) in [6.45, 7) is 1.72. The molecule has 0 aliphatic carbocycles. The molecule has 1 fully saturated rings. The van der Waals surface area contributed by atoms with Crippen LogP contribution in [0.4, 0.5) is 5.95 Å². The predicted octanol–water partition coefficient (Wildman–Crippen LogP) is -0.296. The van der Waals surface area contributed by atoms with Gasteiger partial charge in [-0.25, -0.2) is 4.90 Å². The zero-order chi connectivity index (χ0) is 9.42. The zero-order valence-corrected chi connectivity index (χ0v) is 7.02. The molecule has 0 aromatic carbocycles. The van der Waals surface area contributed by atoms with Gasteiger partial charge in [0.05, 0.1) is 0 Å². The quantitative estimate of drug-likeness (QED) is 0.602. The summed E-state index contributed by atoms with van der Waals surface area (Å²) < 4.78 is 0. The Kier molecular flexibility index (Phi) is 1.61. The van der Waals surface area contributed by atoms with Crippen LogP contribution in [0, 0.1) is 5.92 Å². The Balaban J connectivity index is 2.34. The van der Waals surface area contributed by atoms with E-state index in [-0.39, 0.29) is 30.1 Å². The second-order valence-corrected chi connectivity index (χ2v) is 2.99. The van der Waals surface area contributed by atoms with Crippen LogP contribution >= 0.6 is 0 Å². The molecule has 1 saturated heterocycles. The third-order valence-corrected chi connectivity index (χ3v) is 1.99. The van der Waals surface area contributed by atoms with Gasteiger partial charge < -0.3 is 4.98 Å². The predicted molar refractivity (Wildman–Crippen MR) is 42.7 cm³/mol. The number of rotatable bonds is 1. The first kappa shape index (κ1) is 7.90. The highest BCUT2D eigenvalue weighted by Crippen LogP contribution is 2.22. The van der Waals surface area contributed by atoms with Crippen LogP contribution in [0.15, 0.2) is 6.33 Å². The van der Waals surface area contributed by atoms with E-state index in [1.54, 1.807) is 6.92 Å². The number of hydrogen-bond donors (Lipinski definition) is 1. The summed E-state index contributed by atoms with van der Waals surface area (Å²) in [6, 6.07) is 0. The van der Waals surface area contributed by atoms with Gasteiger partial charge in [0.25, 0.3) is 0 Å². The maximum absolute atomic E-state index is 11.4. The molecule has 13 heavy (non-hydrogen) atoms. The fourth-order valence-electron chi connectivity index (χ4n) is 1.31. The Morgan fingerprint density at radius 2 is 2.38 bits per heavy atom. The molecule has 1 aromatic heterocycles. The maximum Gasteiger partial charge on any atom is 0.239 e. The molecule has 0 saturated carbocycles. The minimum atomic E-state index is -0.252. The van der Waals surface area contributed by atoms with Crippen LogP contribution in [0.3, 0.4) is 0 Å². The van der Waals surface area contributed by atoms with Crippen LogP contribution in [0.25, 0.3) is 0 Å². The molecular formula is C7H8N4O2. The lowest BCUT2D eigenvalue weighted by Crippen LogP contribution is -2.30. The monoisotopic (exact) mass is 180 g/mol. The molecule has 0 bridgehead atoms. The standard InChI is InChI=1S/C7H8N4O2/c1-4-2-5(12)11(6(4)13)7-8-3-9-10-7/h3-4H,2H2,1H3,(H,8,9,10). The molecule has 1 aliphatic heterocycles. The molecule has 1 N–H and O–H groups in total. The first-order valence-corrected chi connectivity index (χ1v) is 3.93. The van der Waals surface area contributed by atoms with Crippen molar-refractivity contribution in [3.8, 4) is 0 Å². The normalized spacial score (nSPS) is 22.8. The Hall–Kier alpha value is -1.72. The maximum atomic E-state index is 11.4. The number of hydrogen-bond acceptors (Lipinski definition) is 4. The lowest BCUT2D eigenvalue weighted by Gasteiger charge is -2.08. The van der Waals surface area contributed by atoms with Crippen molar-refractivity contribution < 1.29 is 9.59 Å². The summed E-state index contributed by atoms with van der Waals surface area (Å²) in [7, 11) is 0. The van der Waals surface area contributed by atoms with Crippen LogP contribution in [0.2, 0.25) is 0 Å². The molecule has 1 unspecified atom stereocenters. The van der Waals surface area contributed by atoms with E-state index in [4.69, 9.17) is 0 Å². The number of amides is 2. The number of carbonyl (C=O) groups excluding carboxylic acids is 2. The highest BCUT2D eigenvalue weighted by atomic mass is 16.2. The fraction of sp³-hybridized carbons (Fsp3) is 0.429. The van der Waals surface area contributed by atoms with Gasteiger partial charge >= 0.3 is 0 Å². The van der Waals surface area contributed by atoms with E-state index in [1.165, 1.54) is 6.33 Å². The van der Waals surface area contributed by atoms with Crippen molar-refractivity contribution in [3.63, 3.8) is 0 Å². The molecule has 6 heteroatoms. The third kappa shape index (κ3) is 1.10. The van der Waals surface area contributed by atoms with E-state index >= 15 is 0 Å². The number of carbonyl (C=O) groups is 2. The SMILES string of the molecule is CC1CC(=O)N(c2nnc[nH]2)C1=O. The average molecular weight is 180 g/mol. The van der Waals surface area contributed by atoms with Gasteiger partial charge in [0.2, 0.25) is 17.8 Å². The van der Waals surface area contributed by atoms with Gasteiger partial charge in [-0.1, -0.05) is 6.92 Å². The molecule has 1 aromatic rings. The van der Waals surface area contributed by atoms with Gasteiger partial charge in [-0.2, -0.15) is 0 Å². The summed E-state index contributed by atoms with van der Waals surface area (Å²) in [6.07, 6.45) is 1.58. The van der Waals surface area contributed by atoms with Crippen LogP contribution in [-0.2, 0) is 9.59 Å². The summed E-state index contributed by atoms with van der Waals surface area (Å²) >= 11 is 0. The molecule has 6 nitrogen and oxygen atoms in total. The van der Waals surface area contributed by atoms with Gasteiger partial charge in [-0.3, -0.25) is 9.59 Å². The number of aromatic amines is 1. The van der Waals surface area contributed by atoms with E-state index in [0.29, 0.717) is 0 Å². The topological polar surface area (TPSA) is 79.0 Å². The Morgan fingerprint density at radius 3 is 2.85 bits per heavy atom. The van der Waals surface area contributed by atoms with Gasteiger partial charge in [-0.05, 0) is 0 Å². The van der Waals surface area contributed by atoms with Crippen LogP contribution in [0.1, 0.15) is 13.3 Å². The molecule has 2 amide bonds. The summed E-state index contributed by atoms with van der Waals surface area (Å²) in [5.74, 6) is -0.493. The lowest BCUT2D eigenvalue weighted by atomic mass is 10.1. The van der Waals surface area contributed by atoms with Crippen molar-refractivity contribution in [2.24, 2.45) is 5.92 Å². The number of nitrogens with zero attached hydrogens (tertiary/aromatic N) is 3. The largest absolute Gasteiger partial charge is 0.313 e. The molecule has 0 spiro atoms. The first-order valence-electron chi connectivity index (χ1n) is 3.93. The van der Waals surface area contributed by atoms with E-state index in [0.717, 1.165) is 4.90 Å². The minimum Gasteiger partial charge on any atom is -0.313 e. The number of H-pyrrole nitrogens is 1. The van der Waals surface area contributed by atoms with Crippen molar-refractivity contribution in [2.45, 2.75) is 13.3 Å². The minimum absolute atomic E-state index is 0.208. The summed E-state index contributed by atoms with van der Waals surface area (Å²) in [5.41, 5.74) is 0. The highest BCUT2D eigenvalue weighted by Gasteiger charge is 2.38. The van der Waals surface area contributed by atoms with E-state index in [2.05, 4.69) is 15.2 Å². The van der Waals surface area contributed by atoms with Crippen molar-refractivity contribution in [2.75, 3.05) is 4.90 Å². The number of anilines is 1. The van der Waals surface area contributed by atoms with Gasteiger partial charge in [-0.15, -0.1) is 10.2 Å². The summed E-state index contributed by atoms with van der Waals surface area (Å²) in [5, 5.41) is 7.12. The smallest absolute Gasteiger partial charge is 0.239 e. The van der Waals surface area contributed by atoms with Gasteiger partial charge in [0, 0.05) is 12.3 Å². The number of imide groups is 1. The first-order chi connectivity index (χ1) is 6.20. The van der Waals surface area contributed by atoms with Gasteiger partial charge in [0.15, 0.2) is 0 Å². The second-order valence-electron chi connectivity index (χ2n) is 2.99. The Morgan fingerprint density at radius 1 is 1.62 bits per heavy atom. The molecule has 1 aliphatic rings. The number of nitrogens with one attached hydrogen (secondary N) is 1. The highest BCUT2D eigenvalue weighted by molar-refractivity contribution is 6.19. The van der Waals surface area contributed by atoms with Crippen LogP contribution in [0.5, 0.6) is 0 Å². The molecular weight excluding hydrogens is 172 g/mol. The molecule has 2 heterocycles. The van der Waals surface area contributed by atoms with E-state index in [1.807, 2.05) is 0 Å².